The highest BCUT2D eigenvalue weighted by Crippen LogP contribution is 2.16. The molecule has 0 saturated carbocycles. The van der Waals surface area contributed by atoms with Gasteiger partial charge in [0.2, 0.25) is 0 Å². The van der Waals surface area contributed by atoms with Gasteiger partial charge in [-0.3, -0.25) is 0 Å². The van der Waals surface area contributed by atoms with E-state index in [0.29, 0.717) is 0 Å². The van der Waals surface area contributed by atoms with Crippen LogP contribution in [-0.2, 0) is 0 Å². The predicted octanol–water partition coefficient (Wildman–Crippen LogP) is 4.46. The van der Waals surface area contributed by atoms with E-state index in [4.69, 9.17) is 0 Å². The third-order valence-corrected chi connectivity index (χ3v) is 2.46. The van der Waals surface area contributed by atoms with E-state index in [-0.39, 0.29) is 0 Å². The molecule has 0 amide bonds. The fourth-order valence-corrected chi connectivity index (χ4v) is 1.51. The highest BCUT2D eigenvalue weighted by atomic mass is 127. The number of unbranched alkanes of at least 4 members (excludes halogenated alkanes) is 2. The molecule has 0 aromatic rings. The minimum Gasteiger partial charge on any atom is -0.103 e. The molecule has 0 radical (unpaired) electrons. The lowest BCUT2D eigenvalue weighted by molar-refractivity contribution is 0.856. The topological polar surface area (TPSA) is 0 Å². The molecule has 0 aromatic heterocycles. The molecule has 0 fully saturated rings. The minimum atomic E-state index is 1.15. The second-order valence-corrected chi connectivity index (χ2v) is 4.01. The van der Waals surface area contributed by atoms with Gasteiger partial charge >= 0.3 is 0 Å². The Kier molecular flexibility index (Phi) is 8.47. The van der Waals surface area contributed by atoms with E-state index in [9.17, 15) is 0 Å². The second kappa shape index (κ2) is 8.31. The summed E-state index contributed by atoms with van der Waals surface area (Å²) >= 11 is 2.43. The maximum Gasteiger partial charge on any atom is -0.0134 e. The average Bonchev–Trinajstić information content (AvgIpc) is 2.01. The van der Waals surface area contributed by atoms with Crippen LogP contribution in [0.5, 0.6) is 0 Å². The lowest BCUT2D eigenvalue weighted by Gasteiger charge is -1.96. The molecular formula is C10H17I. The summed E-state index contributed by atoms with van der Waals surface area (Å²) in [6, 6.07) is 0. The van der Waals surface area contributed by atoms with Crippen LogP contribution in [0.4, 0.5) is 0 Å². The first kappa shape index (κ1) is 11.2. The van der Waals surface area contributed by atoms with Crippen molar-refractivity contribution in [2.75, 3.05) is 0 Å². The molecule has 0 N–H and O–H groups in total. The quantitative estimate of drug-likeness (QED) is 0.377. The van der Waals surface area contributed by atoms with Crippen molar-refractivity contribution in [3.63, 3.8) is 0 Å². The van der Waals surface area contributed by atoms with E-state index < -0.39 is 0 Å². The molecule has 0 spiro atoms. The van der Waals surface area contributed by atoms with Crippen molar-refractivity contribution in [2.45, 2.75) is 39.0 Å². The summed E-state index contributed by atoms with van der Waals surface area (Å²) in [4.78, 5) is 0. The molecule has 0 atom stereocenters. The van der Waals surface area contributed by atoms with Crippen molar-refractivity contribution < 1.29 is 0 Å². The number of halogens is 1. The molecular weight excluding hydrogens is 247 g/mol. The zero-order chi connectivity index (χ0) is 8.53. The summed E-state index contributed by atoms with van der Waals surface area (Å²) in [6.07, 6.45) is 10.4. The van der Waals surface area contributed by atoms with E-state index in [1.165, 1.54) is 29.3 Å². The van der Waals surface area contributed by atoms with Crippen molar-refractivity contribution >= 4 is 22.6 Å². The van der Waals surface area contributed by atoms with Gasteiger partial charge in [-0.25, -0.2) is 0 Å². The lowest BCUT2D eigenvalue weighted by Crippen LogP contribution is -1.74. The van der Waals surface area contributed by atoms with E-state index in [2.05, 4.69) is 42.2 Å². The molecule has 0 bridgehead atoms. The Morgan fingerprint density at radius 2 is 2.18 bits per heavy atom. The van der Waals surface area contributed by atoms with Crippen molar-refractivity contribution in [2.24, 2.45) is 0 Å². The van der Waals surface area contributed by atoms with Crippen LogP contribution in [0.3, 0.4) is 0 Å². The van der Waals surface area contributed by atoms with Crippen molar-refractivity contribution in [1.82, 2.24) is 0 Å². The molecule has 0 nitrogen and oxygen atoms in total. The predicted molar refractivity (Wildman–Crippen MR) is 61.1 cm³/mol. The Labute approximate surface area is 83.9 Å². The van der Waals surface area contributed by atoms with Crippen LogP contribution in [0.1, 0.15) is 39.0 Å². The lowest BCUT2D eigenvalue weighted by atomic mass is 10.2. The van der Waals surface area contributed by atoms with Crippen molar-refractivity contribution in [3.05, 3.63) is 22.3 Å². The highest BCUT2D eigenvalue weighted by Gasteiger charge is 1.89. The smallest absolute Gasteiger partial charge is 0.0134 e. The first-order chi connectivity index (χ1) is 5.31. The van der Waals surface area contributed by atoms with Gasteiger partial charge in [-0.1, -0.05) is 25.5 Å². The summed E-state index contributed by atoms with van der Waals surface area (Å²) in [6.45, 7) is 5.91. The van der Waals surface area contributed by atoms with Gasteiger partial charge in [0.25, 0.3) is 0 Å². The fourth-order valence-electron chi connectivity index (χ4n) is 0.818. The number of hydrogen-bond acceptors (Lipinski definition) is 0. The second-order valence-electron chi connectivity index (χ2n) is 2.62. The van der Waals surface area contributed by atoms with Gasteiger partial charge in [0.15, 0.2) is 0 Å². The SMILES string of the molecule is C=CCCCC(I)=CCCC. The average molecular weight is 264 g/mol. The number of rotatable bonds is 6. The van der Waals surface area contributed by atoms with E-state index in [0.717, 1.165) is 6.42 Å². The van der Waals surface area contributed by atoms with E-state index in [1.54, 1.807) is 0 Å². The molecule has 11 heavy (non-hydrogen) atoms. The Bertz CT molecular complexity index is 125. The summed E-state index contributed by atoms with van der Waals surface area (Å²) in [5, 5.41) is 0. The maximum absolute atomic E-state index is 3.70. The molecule has 0 aliphatic heterocycles. The summed E-state index contributed by atoms with van der Waals surface area (Å²) in [7, 11) is 0. The first-order valence-corrected chi connectivity index (χ1v) is 5.34. The monoisotopic (exact) mass is 264 g/mol. The fraction of sp³-hybridized carbons (Fsp3) is 0.600. The molecule has 64 valence electrons. The Morgan fingerprint density at radius 1 is 1.45 bits per heavy atom. The van der Waals surface area contributed by atoms with Gasteiger partial charge in [-0.2, -0.15) is 0 Å². The third-order valence-electron chi connectivity index (χ3n) is 1.48. The van der Waals surface area contributed by atoms with Gasteiger partial charge in [-0.15, -0.1) is 6.58 Å². The van der Waals surface area contributed by atoms with Crippen LogP contribution in [-0.4, -0.2) is 0 Å². The largest absolute Gasteiger partial charge is 0.103 e. The van der Waals surface area contributed by atoms with E-state index in [1.807, 2.05) is 6.08 Å². The molecule has 1 heteroatoms. The van der Waals surface area contributed by atoms with Crippen LogP contribution in [0.2, 0.25) is 0 Å². The zero-order valence-electron chi connectivity index (χ0n) is 7.28. The Balaban J connectivity index is 3.34. The van der Waals surface area contributed by atoms with Crippen molar-refractivity contribution in [3.8, 4) is 0 Å². The molecule has 0 aliphatic carbocycles. The normalized spacial score (nSPS) is 11.6. The molecule has 0 rings (SSSR count). The van der Waals surface area contributed by atoms with Gasteiger partial charge in [0, 0.05) is 0 Å². The molecule has 0 saturated heterocycles. The van der Waals surface area contributed by atoms with Crippen LogP contribution in [0.15, 0.2) is 22.3 Å². The molecule has 0 aromatic carbocycles. The van der Waals surface area contributed by atoms with Gasteiger partial charge in [0.05, 0.1) is 0 Å². The standard InChI is InChI=1S/C10H17I/c1-3-5-7-9-10(11)8-6-4-2/h3,8H,1,4-7,9H2,2H3. The number of hydrogen-bond donors (Lipinski definition) is 0. The molecule has 0 aliphatic rings. The van der Waals surface area contributed by atoms with Crippen LogP contribution in [0.25, 0.3) is 0 Å². The van der Waals surface area contributed by atoms with E-state index >= 15 is 0 Å². The maximum atomic E-state index is 3.70. The Morgan fingerprint density at radius 3 is 2.73 bits per heavy atom. The van der Waals surface area contributed by atoms with Crippen LogP contribution in [0, 0.1) is 0 Å². The van der Waals surface area contributed by atoms with Crippen molar-refractivity contribution in [1.29, 1.82) is 0 Å². The first-order valence-electron chi connectivity index (χ1n) is 4.26. The van der Waals surface area contributed by atoms with Gasteiger partial charge in [0.1, 0.15) is 0 Å². The summed E-state index contributed by atoms with van der Waals surface area (Å²) in [5.41, 5.74) is 0. The van der Waals surface area contributed by atoms with Gasteiger partial charge < -0.3 is 0 Å². The molecule has 0 heterocycles. The third kappa shape index (κ3) is 8.11. The summed E-state index contributed by atoms with van der Waals surface area (Å²) < 4.78 is 1.51. The summed E-state index contributed by atoms with van der Waals surface area (Å²) in [5.74, 6) is 0. The minimum absolute atomic E-state index is 1.15. The van der Waals surface area contributed by atoms with Crippen LogP contribution < -0.4 is 0 Å². The Hall–Kier alpha value is 0.210. The zero-order valence-corrected chi connectivity index (χ0v) is 9.43. The number of allylic oxidation sites excluding steroid dienone is 3. The van der Waals surface area contributed by atoms with Crippen LogP contribution >= 0.6 is 22.6 Å². The van der Waals surface area contributed by atoms with Gasteiger partial charge in [-0.05, 0) is 51.9 Å². The molecule has 0 unspecified atom stereocenters. The highest BCUT2D eigenvalue weighted by molar-refractivity contribution is 14.1.